The summed E-state index contributed by atoms with van der Waals surface area (Å²) in [6, 6.07) is 4.48. The highest BCUT2D eigenvalue weighted by Crippen LogP contribution is 2.23. The number of amides is 1. The molecule has 1 aromatic carbocycles. The van der Waals surface area contributed by atoms with Gasteiger partial charge in [0.15, 0.2) is 0 Å². The van der Waals surface area contributed by atoms with Gasteiger partial charge >= 0.3 is 0 Å². The molecule has 6 nitrogen and oxygen atoms in total. The molecule has 0 aliphatic heterocycles. The maximum absolute atomic E-state index is 12.1. The second-order valence-electron chi connectivity index (χ2n) is 4.85. The molecule has 1 amide bonds. The number of carbonyl (C=O) groups excluding carboxylic acids is 1. The van der Waals surface area contributed by atoms with Crippen LogP contribution in [-0.4, -0.2) is 51.7 Å². The Balaban J connectivity index is 0.00000484. The molecule has 1 rings (SSSR count). The molecule has 0 fully saturated rings. The van der Waals surface area contributed by atoms with E-state index in [1.807, 2.05) is 0 Å². The average Bonchev–Trinajstić information content (AvgIpc) is 2.44. The summed E-state index contributed by atoms with van der Waals surface area (Å²) in [7, 11) is -3.45. The molecule has 0 aliphatic carbocycles. The standard InChI is InChI=1S/C14H22ClN3O3S.ClH/c1-4-18(5-2)9-8-16-14(19)11-6-7-12(15)13(10-11)17-22(3,20)21;/h6-7,10,17H,4-5,8-9H2,1-3H3,(H,16,19);1H. The van der Waals surface area contributed by atoms with Gasteiger partial charge in [-0.2, -0.15) is 0 Å². The predicted molar refractivity (Wildman–Crippen MR) is 97.3 cm³/mol. The van der Waals surface area contributed by atoms with Crippen LogP contribution in [0, 0.1) is 0 Å². The number of halogens is 2. The van der Waals surface area contributed by atoms with E-state index in [-0.39, 0.29) is 29.0 Å². The highest BCUT2D eigenvalue weighted by atomic mass is 35.5. The van der Waals surface area contributed by atoms with E-state index in [4.69, 9.17) is 11.6 Å². The molecule has 9 heteroatoms. The molecule has 1 aromatic rings. The minimum absolute atomic E-state index is 0. The third-order valence-corrected chi connectivity index (χ3v) is 4.05. The van der Waals surface area contributed by atoms with Gasteiger partial charge in [-0.1, -0.05) is 25.4 Å². The number of hydrogen-bond donors (Lipinski definition) is 2. The van der Waals surface area contributed by atoms with Gasteiger partial charge in [-0.05, 0) is 31.3 Å². The monoisotopic (exact) mass is 383 g/mol. The molecule has 132 valence electrons. The van der Waals surface area contributed by atoms with E-state index in [0.717, 1.165) is 25.9 Å². The number of benzene rings is 1. The van der Waals surface area contributed by atoms with Crippen molar-refractivity contribution < 1.29 is 13.2 Å². The molecule has 0 unspecified atom stereocenters. The van der Waals surface area contributed by atoms with Crippen LogP contribution in [0.25, 0.3) is 0 Å². The lowest BCUT2D eigenvalue weighted by Crippen LogP contribution is -2.34. The largest absolute Gasteiger partial charge is 0.351 e. The SMILES string of the molecule is CCN(CC)CCNC(=O)c1ccc(Cl)c(NS(C)(=O)=O)c1.Cl. The number of carbonyl (C=O) groups is 1. The zero-order chi connectivity index (χ0) is 16.8. The lowest BCUT2D eigenvalue weighted by molar-refractivity contribution is 0.0949. The Labute approximate surface area is 149 Å². The van der Waals surface area contributed by atoms with Gasteiger partial charge in [-0.25, -0.2) is 8.42 Å². The molecule has 0 radical (unpaired) electrons. The third-order valence-electron chi connectivity index (χ3n) is 3.13. The zero-order valence-electron chi connectivity index (χ0n) is 13.4. The Bertz CT molecular complexity index is 620. The van der Waals surface area contributed by atoms with Crippen LogP contribution in [0.3, 0.4) is 0 Å². The first kappa shape index (κ1) is 22.0. The smallest absolute Gasteiger partial charge is 0.251 e. The number of nitrogens with zero attached hydrogens (tertiary/aromatic N) is 1. The lowest BCUT2D eigenvalue weighted by Gasteiger charge is -2.18. The van der Waals surface area contributed by atoms with Crippen molar-refractivity contribution in [2.24, 2.45) is 0 Å². The summed E-state index contributed by atoms with van der Waals surface area (Å²) in [5, 5.41) is 3.05. The van der Waals surface area contributed by atoms with Crippen molar-refractivity contribution in [3.63, 3.8) is 0 Å². The molecule has 0 heterocycles. The van der Waals surface area contributed by atoms with E-state index in [1.54, 1.807) is 6.07 Å². The topological polar surface area (TPSA) is 78.5 Å². The van der Waals surface area contributed by atoms with Gasteiger partial charge in [0, 0.05) is 18.7 Å². The van der Waals surface area contributed by atoms with E-state index >= 15 is 0 Å². The molecule has 0 aromatic heterocycles. The number of likely N-dealkylation sites (N-methyl/N-ethyl adjacent to an activating group) is 1. The van der Waals surface area contributed by atoms with E-state index in [9.17, 15) is 13.2 Å². The number of rotatable bonds is 8. The fourth-order valence-corrected chi connectivity index (χ4v) is 2.70. The van der Waals surface area contributed by atoms with Crippen molar-refractivity contribution in [2.45, 2.75) is 13.8 Å². The van der Waals surface area contributed by atoms with Crippen molar-refractivity contribution in [2.75, 3.05) is 37.2 Å². The Hall–Kier alpha value is -1.02. The molecule has 0 bridgehead atoms. The van der Waals surface area contributed by atoms with Gasteiger partial charge in [-0.15, -0.1) is 12.4 Å². The maximum Gasteiger partial charge on any atom is 0.251 e. The Kier molecular flexibility index (Phi) is 9.53. The number of anilines is 1. The normalized spacial score (nSPS) is 11.0. The minimum atomic E-state index is -3.45. The molecule has 0 spiro atoms. The lowest BCUT2D eigenvalue weighted by atomic mass is 10.2. The number of nitrogens with one attached hydrogen (secondary N) is 2. The van der Waals surface area contributed by atoms with Crippen molar-refractivity contribution in [3.8, 4) is 0 Å². The maximum atomic E-state index is 12.1. The van der Waals surface area contributed by atoms with Gasteiger partial charge in [-0.3, -0.25) is 9.52 Å². The summed E-state index contributed by atoms with van der Waals surface area (Å²) in [5.74, 6) is -0.264. The molecule has 0 atom stereocenters. The quantitative estimate of drug-likeness (QED) is 0.720. The van der Waals surface area contributed by atoms with Crippen LogP contribution < -0.4 is 10.0 Å². The van der Waals surface area contributed by atoms with Crippen LogP contribution in [0.15, 0.2) is 18.2 Å². The Morgan fingerprint density at radius 3 is 2.39 bits per heavy atom. The number of hydrogen-bond acceptors (Lipinski definition) is 4. The van der Waals surface area contributed by atoms with Gasteiger partial charge < -0.3 is 10.2 Å². The van der Waals surface area contributed by atoms with Crippen LogP contribution in [-0.2, 0) is 10.0 Å². The van der Waals surface area contributed by atoms with Crippen LogP contribution in [0.4, 0.5) is 5.69 Å². The number of sulfonamides is 1. The third kappa shape index (κ3) is 7.87. The van der Waals surface area contributed by atoms with Gasteiger partial charge in [0.25, 0.3) is 5.91 Å². The van der Waals surface area contributed by atoms with Crippen LogP contribution in [0.5, 0.6) is 0 Å². The van der Waals surface area contributed by atoms with Crippen LogP contribution in [0.1, 0.15) is 24.2 Å². The van der Waals surface area contributed by atoms with Crippen LogP contribution >= 0.6 is 24.0 Å². The molecule has 2 N–H and O–H groups in total. The summed E-state index contributed by atoms with van der Waals surface area (Å²) in [6.45, 7) is 7.27. The Morgan fingerprint density at radius 2 is 1.87 bits per heavy atom. The second-order valence-corrected chi connectivity index (χ2v) is 7.01. The molecular formula is C14H23Cl2N3O3S. The first-order chi connectivity index (χ1) is 10.3. The molecule has 0 aliphatic rings. The van der Waals surface area contributed by atoms with E-state index in [0.29, 0.717) is 12.1 Å². The van der Waals surface area contributed by atoms with Crippen molar-refractivity contribution >= 4 is 45.6 Å². The molecular weight excluding hydrogens is 361 g/mol. The van der Waals surface area contributed by atoms with Crippen molar-refractivity contribution in [3.05, 3.63) is 28.8 Å². The van der Waals surface area contributed by atoms with E-state index in [2.05, 4.69) is 28.8 Å². The van der Waals surface area contributed by atoms with E-state index in [1.165, 1.54) is 12.1 Å². The summed E-state index contributed by atoms with van der Waals surface area (Å²) in [5.41, 5.74) is 0.552. The summed E-state index contributed by atoms with van der Waals surface area (Å²) in [4.78, 5) is 14.3. The highest BCUT2D eigenvalue weighted by Gasteiger charge is 2.11. The van der Waals surface area contributed by atoms with Crippen molar-refractivity contribution in [1.82, 2.24) is 10.2 Å². The Morgan fingerprint density at radius 1 is 1.26 bits per heavy atom. The van der Waals surface area contributed by atoms with Gasteiger partial charge in [0.2, 0.25) is 10.0 Å². The highest BCUT2D eigenvalue weighted by molar-refractivity contribution is 7.92. The molecule has 23 heavy (non-hydrogen) atoms. The average molecular weight is 384 g/mol. The van der Waals surface area contributed by atoms with Gasteiger partial charge in [0.05, 0.1) is 17.0 Å². The zero-order valence-corrected chi connectivity index (χ0v) is 15.8. The summed E-state index contributed by atoms with van der Waals surface area (Å²) < 4.78 is 24.8. The predicted octanol–water partition coefficient (Wildman–Crippen LogP) is 2.20. The first-order valence-electron chi connectivity index (χ1n) is 7.04. The summed E-state index contributed by atoms with van der Waals surface area (Å²) in [6.07, 6.45) is 1.03. The van der Waals surface area contributed by atoms with Crippen LogP contribution in [0.2, 0.25) is 5.02 Å². The molecule has 0 saturated carbocycles. The fourth-order valence-electron chi connectivity index (χ4n) is 1.91. The second kappa shape index (κ2) is 9.97. The molecule has 0 saturated heterocycles. The first-order valence-corrected chi connectivity index (χ1v) is 9.31. The minimum Gasteiger partial charge on any atom is -0.351 e. The fraction of sp³-hybridized carbons (Fsp3) is 0.500. The summed E-state index contributed by atoms with van der Waals surface area (Å²) >= 11 is 5.93. The van der Waals surface area contributed by atoms with Crippen molar-refractivity contribution in [1.29, 1.82) is 0 Å². The van der Waals surface area contributed by atoms with E-state index < -0.39 is 10.0 Å². The van der Waals surface area contributed by atoms with Gasteiger partial charge in [0.1, 0.15) is 0 Å².